The first kappa shape index (κ1) is 47.2. The lowest BCUT2D eigenvalue weighted by Crippen LogP contribution is -2.29. The van der Waals surface area contributed by atoms with Crippen LogP contribution in [-0.2, 0) is 44.9 Å². The minimum atomic E-state index is -0.890. The molecular weight excluding hydrogens is 807 g/mol. The maximum atomic E-state index is 12.7. The topological polar surface area (TPSA) is 142 Å². The van der Waals surface area contributed by atoms with Crippen molar-refractivity contribution < 1.29 is 47.5 Å². The summed E-state index contributed by atoms with van der Waals surface area (Å²) < 4.78 is 46.5. The van der Waals surface area contributed by atoms with E-state index in [0.717, 1.165) is 39.3 Å². The van der Waals surface area contributed by atoms with Crippen LogP contribution in [0.2, 0.25) is 0 Å². The molecule has 2 N–H and O–H groups in total. The molecule has 5 aromatic rings. The number of methoxy groups -OCH3 is 2. The van der Waals surface area contributed by atoms with E-state index in [9.17, 15) is 9.59 Å². The van der Waals surface area contributed by atoms with E-state index in [1.807, 2.05) is 166 Å². The van der Waals surface area contributed by atoms with E-state index in [0.29, 0.717) is 35.8 Å². The minimum absolute atomic E-state index is 0.285. The molecule has 0 fully saturated rings. The number of anilines is 3. The van der Waals surface area contributed by atoms with Crippen LogP contribution < -0.4 is 44.3 Å². The van der Waals surface area contributed by atoms with Crippen LogP contribution in [0.5, 0.6) is 23.0 Å². The second kappa shape index (κ2) is 24.0. The van der Waals surface area contributed by atoms with E-state index in [1.54, 1.807) is 20.3 Å². The molecule has 63 heavy (non-hydrogen) atoms. The van der Waals surface area contributed by atoms with Gasteiger partial charge in [-0.2, -0.15) is 0 Å². The van der Waals surface area contributed by atoms with E-state index < -0.39 is 24.8 Å². The van der Waals surface area contributed by atoms with Gasteiger partial charge in [0.1, 0.15) is 23.0 Å². The van der Waals surface area contributed by atoms with Crippen molar-refractivity contribution >= 4 is 29.2 Å². The maximum absolute atomic E-state index is 12.7. The number of hydrogen-bond donors (Lipinski definition) is 2. The summed E-state index contributed by atoms with van der Waals surface area (Å²) >= 11 is 0. The number of benzene rings is 5. The quantitative estimate of drug-likeness (QED) is 0.0624. The molecule has 0 radical (unpaired) electrons. The Kier molecular flexibility index (Phi) is 18.0. The summed E-state index contributed by atoms with van der Waals surface area (Å²) in [6.07, 6.45) is -2.45. The van der Waals surface area contributed by atoms with Gasteiger partial charge in [-0.25, -0.2) is 9.59 Å². The Morgan fingerprint density at radius 2 is 0.810 bits per heavy atom. The van der Waals surface area contributed by atoms with Crippen molar-refractivity contribution in [3.8, 4) is 23.0 Å². The summed E-state index contributed by atoms with van der Waals surface area (Å²) in [5, 5.41) is 5.52. The Hall–Kier alpha value is -6.84. The average Bonchev–Trinajstić information content (AvgIpc) is 3.28. The highest BCUT2D eigenvalue weighted by atomic mass is 16.8. The molecule has 2 unspecified atom stereocenters. The van der Waals surface area contributed by atoms with Gasteiger partial charge in [0, 0.05) is 103 Å². The molecule has 0 aliphatic carbocycles. The molecule has 0 aliphatic rings. The second-order valence-corrected chi connectivity index (χ2v) is 15.0. The van der Waals surface area contributed by atoms with Gasteiger partial charge in [-0.1, -0.05) is 48.5 Å². The van der Waals surface area contributed by atoms with E-state index >= 15 is 0 Å². The number of amides is 2. The molecule has 0 saturated carbocycles. The first-order chi connectivity index (χ1) is 30.4. The normalized spacial score (nSPS) is 11.7. The van der Waals surface area contributed by atoms with Crippen LogP contribution in [0.15, 0.2) is 115 Å². The summed E-state index contributed by atoms with van der Waals surface area (Å²) in [5.41, 5.74) is 6.50. The molecule has 0 saturated heterocycles. The SMILES string of the molecule is COc1ccc(CC(OCOC(=O)NCc2ccc(N(C)C)cc2)Oc2cc(OC(Cc3ccc(OC)cc3)OCOC(=O)NCc3ccc(N(C)C)cc3)cc(N(C)C)c2)cc1. The van der Waals surface area contributed by atoms with Gasteiger partial charge in [0.15, 0.2) is 13.6 Å². The zero-order valence-corrected chi connectivity index (χ0v) is 37.3. The van der Waals surface area contributed by atoms with Crippen LogP contribution in [0.25, 0.3) is 0 Å². The third-order valence-electron chi connectivity index (χ3n) is 9.71. The molecule has 0 aromatic heterocycles. The molecule has 336 valence electrons. The highest BCUT2D eigenvalue weighted by Gasteiger charge is 2.19. The Balaban J connectivity index is 1.27. The highest BCUT2D eigenvalue weighted by molar-refractivity contribution is 5.67. The third kappa shape index (κ3) is 15.9. The number of nitrogens with one attached hydrogen (secondary N) is 2. The van der Waals surface area contributed by atoms with Gasteiger partial charge in [0.05, 0.1) is 14.2 Å². The van der Waals surface area contributed by atoms with Gasteiger partial charge in [0.2, 0.25) is 12.6 Å². The smallest absolute Gasteiger partial charge is 0.409 e. The first-order valence-corrected chi connectivity index (χ1v) is 20.4. The molecule has 0 spiro atoms. The van der Waals surface area contributed by atoms with Crippen molar-refractivity contribution in [2.75, 3.05) is 84.8 Å². The molecule has 15 heteroatoms. The Morgan fingerprint density at radius 3 is 1.14 bits per heavy atom. The fraction of sp³-hybridized carbons (Fsp3) is 0.333. The molecular formula is C48H59N5O10. The van der Waals surface area contributed by atoms with Crippen LogP contribution in [0.1, 0.15) is 22.3 Å². The van der Waals surface area contributed by atoms with Gasteiger partial charge in [-0.3, -0.25) is 0 Å². The zero-order chi connectivity index (χ0) is 45.1. The van der Waals surface area contributed by atoms with Crippen LogP contribution in [0.4, 0.5) is 26.7 Å². The predicted molar refractivity (Wildman–Crippen MR) is 243 cm³/mol. The summed E-state index contributed by atoms with van der Waals surface area (Å²) in [5.74, 6) is 2.24. The number of hydrogen-bond acceptors (Lipinski definition) is 13. The zero-order valence-electron chi connectivity index (χ0n) is 37.3. The number of carbonyl (C=O) groups excluding carboxylic acids is 2. The van der Waals surface area contributed by atoms with Crippen LogP contribution in [0.3, 0.4) is 0 Å². The second-order valence-electron chi connectivity index (χ2n) is 15.0. The lowest BCUT2D eigenvalue weighted by Gasteiger charge is -2.24. The maximum Gasteiger partial charge on any atom is 0.409 e. The van der Waals surface area contributed by atoms with Gasteiger partial charge in [-0.05, 0) is 70.8 Å². The van der Waals surface area contributed by atoms with E-state index in [-0.39, 0.29) is 26.7 Å². The Labute approximate surface area is 370 Å². The number of alkyl carbamates (subject to hydrolysis) is 2. The van der Waals surface area contributed by atoms with Gasteiger partial charge < -0.3 is 63.2 Å². The molecule has 0 aliphatic heterocycles. The first-order valence-electron chi connectivity index (χ1n) is 20.4. The fourth-order valence-electron chi connectivity index (χ4n) is 6.03. The predicted octanol–water partition coefficient (Wildman–Crippen LogP) is 7.60. The molecule has 0 bridgehead atoms. The summed E-state index contributed by atoms with van der Waals surface area (Å²) in [7, 11) is 14.9. The lowest BCUT2D eigenvalue weighted by atomic mass is 10.1. The van der Waals surface area contributed by atoms with Gasteiger partial charge in [-0.15, -0.1) is 0 Å². The largest absolute Gasteiger partial charge is 0.497 e. The standard InChI is InChI=1S/C48H59N5O10/c1-51(2)38-17-9-36(10-18-38)30-49-47(54)60-32-58-45(25-34-13-21-41(56-7)22-14-34)62-43-27-40(53(5)6)28-44(29-43)63-46(26-35-15-23-42(57-8)24-16-35)59-33-61-48(55)50-31-37-11-19-39(20-12-37)52(3)4/h9-24,27-29,45-46H,25-26,30-33H2,1-8H3,(H,49,54)(H,50,55). The fourth-order valence-corrected chi connectivity index (χ4v) is 6.03. The Morgan fingerprint density at radius 1 is 0.460 bits per heavy atom. The molecule has 2 amide bonds. The minimum Gasteiger partial charge on any atom is -0.497 e. The molecule has 5 aromatic carbocycles. The van der Waals surface area contributed by atoms with Crippen LogP contribution >= 0.6 is 0 Å². The van der Waals surface area contributed by atoms with Crippen LogP contribution in [-0.4, -0.2) is 94.9 Å². The molecule has 15 nitrogen and oxygen atoms in total. The van der Waals surface area contributed by atoms with E-state index in [2.05, 4.69) is 10.6 Å². The highest BCUT2D eigenvalue weighted by Crippen LogP contribution is 2.31. The summed E-state index contributed by atoms with van der Waals surface area (Å²) in [6, 6.07) is 36.1. The van der Waals surface area contributed by atoms with Crippen molar-refractivity contribution in [1.29, 1.82) is 0 Å². The van der Waals surface area contributed by atoms with Crippen LogP contribution in [0, 0.1) is 0 Å². The van der Waals surface area contributed by atoms with Crippen molar-refractivity contribution in [3.05, 3.63) is 138 Å². The van der Waals surface area contributed by atoms with Crippen molar-refractivity contribution in [3.63, 3.8) is 0 Å². The molecule has 0 heterocycles. The van der Waals surface area contributed by atoms with Gasteiger partial charge in [0.25, 0.3) is 0 Å². The number of ether oxygens (including phenoxy) is 8. The monoisotopic (exact) mass is 865 g/mol. The third-order valence-corrected chi connectivity index (χ3v) is 9.71. The number of nitrogens with zero attached hydrogens (tertiary/aromatic N) is 3. The Bertz CT molecular complexity index is 2000. The van der Waals surface area contributed by atoms with E-state index in [4.69, 9.17) is 37.9 Å². The number of carbonyl (C=O) groups is 2. The average molecular weight is 866 g/mol. The van der Waals surface area contributed by atoms with Crippen molar-refractivity contribution in [2.45, 2.75) is 38.5 Å². The van der Waals surface area contributed by atoms with Gasteiger partial charge >= 0.3 is 12.2 Å². The summed E-state index contributed by atoms with van der Waals surface area (Å²) in [4.78, 5) is 31.3. The number of rotatable bonds is 23. The van der Waals surface area contributed by atoms with Crippen molar-refractivity contribution in [2.24, 2.45) is 0 Å². The van der Waals surface area contributed by atoms with Crippen molar-refractivity contribution in [1.82, 2.24) is 10.6 Å². The summed E-state index contributed by atoms with van der Waals surface area (Å²) in [6.45, 7) is -0.186. The molecule has 5 rings (SSSR count). The molecule has 2 atom stereocenters. The van der Waals surface area contributed by atoms with E-state index in [1.165, 1.54) is 0 Å². The lowest BCUT2D eigenvalue weighted by molar-refractivity contribution is -0.138.